The number of guanidine groups is 1. The number of methoxy groups -OCH3 is 1. The zero-order chi connectivity index (χ0) is 19.2. The van der Waals surface area contributed by atoms with Gasteiger partial charge in [-0.25, -0.2) is 0 Å². The van der Waals surface area contributed by atoms with E-state index >= 15 is 0 Å². The number of aromatic nitrogens is 2. The van der Waals surface area contributed by atoms with Crippen molar-refractivity contribution in [1.29, 1.82) is 0 Å². The predicted octanol–water partition coefficient (Wildman–Crippen LogP) is 2.88. The summed E-state index contributed by atoms with van der Waals surface area (Å²) in [4.78, 5) is 6.75. The Balaban J connectivity index is 0.00000280. The minimum Gasteiger partial charge on any atom is -0.493 e. The van der Waals surface area contributed by atoms with E-state index in [4.69, 9.17) is 9.47 Å². The van der Waals surface area contributed by atoms with E-state index < -0.39 is 0 Å². The van der Waals surface area contributed by atoms with E-state index in [1.807, 2.05) is 56.2 Å². The normalized spacial score (nSPS) is 17.8. The van der Waals surface area contributed by atoms with Crippen LogP contribution >= 0.6 is 24.0 Å². The Hall–Kier alpha value is -1.97. The van der Waals surface area contributed by atoms with Crippen LogP contribution in [0.25, 0.3) is 0 Å². The van der Waals surface area contributed by atoms with Crippen LogP contribution in [0.4, 0.5) is 0 Å². The molecule has 1 N–H and O–H groups in total. The van der Waals surface area contributed by atoms with Crippen molar-refractivity contribution < 1.29 is 9.47 Å². The van der Waals surface area contributed by atoms with E-state index in [9.17, 15) is 0 Å². The molecule has 0 saturated carbocycles. The molecule has 28 heavy (non-hydrogen) atoms. The van der Waals surface area contributed by atoms with Crippen molar-refractivity contribution in [3.63, 3.8) is 0 Å². The lowest BCUT2D eigenvalue weighted by atomic mass is 10.0. The van der Waals surface area contributed by atoms with E-state index in [-0.39, 0.29) is 30.1 Å². The Morgan fingerprint density at radius 3 is 2.75 bits per heavy atom. The van der Waals surface area contributed by atoms with Gasteiger partial charge in [-0.2, -0.15) is 5.10 Å². The quantitative estimate of drug-likeness (QED) is 0.377. The summed E-state index contributed by atoms with van der Waals surface area (Å²) in [7, 11) is 5.43. The molecule has 2 atom stereocenters. The molecule has 2 unspecified atom stereocenters. The fraction of sp³-hybridized carbons (Fsp3) is 0.500. The summed E-state index contributed by atoms with van der Waals surface area (Å²) in [6.07, 6.45) is 5.16. The molecule has 0 bridgehead atoms. The molecule has 1 aromatic carbocycles. The van der Waals surface area contributed by atoms with Crippen molar-refractivity contribution in [3.8, 4) is 11.5 Å². The van der Waals surface area contributed by atoms with E-state index in [0.717, 1.165) is 37.0 Å². The maximum Gasteiger partial charge on any atom is 0.193 e. The number of para-hydroxylation sites is 2. The molecular formula is C20H30IN5O2. The SMILES string of the molecule is CN=C(NCC(C)Oc1ccccc1OC)N1CCC(c2cnn(C)c2)C1.I. The second-order valence-corrected chi connectivity index (χ2v) is 6.89. The average Bonchev–Trinajstić information content (AvgIpc) is 3.32. The van der Waals surface area contributed by atoms with Crippen molar-refractivity contribution in [1.82, 2.24) is 20.0 Å². The van der Waals surface area contributed by atoms with E-state index in [0.29, 0.717) is 12.5 Å². The first kappa shape index (κ1) is 22.3. The van der Waals surface area contributed by atoms with Crippen molar-refractivity contribution >= 4 is 29.9 Å². The maximum atomic E-state index is 6.02. The number of benzene rings is 1. The van der Waals surface area contributed by atoms with Crippen LogP contribution in [0, 0.1) is 0 Å². The number of nitrogens with zero attached hydrogens (tertiary/aromatic N) is 4. The van der Waals surface area contributed by atoms with E-state index in [1.165, 1.54) is 5.56 Å². The van der Waals surface area contributed by atoms with Crippen molar-refractivity contribution in [2.75, 3.05) is 33.8 Å². The highest BCUT2D eigenvalue weighted by Gasteiger charge is 2.27. The Morgan fingerprint density at radius 2 is 2.11 bits per heavy atom. The van der Waals surface area contributed by atoms with Crippen LogP contribution in [0.15, 0.2) is 41.7 Å². The molecule has 2 heterocycles. The summed E-state index contributed by atoms with van der Waals surface area (Å²) >= 11 is 0. The number of nitrogens with one attached hydrogen (secondary N) is 1. The van der Waals surface area contributed by atoms with Gasteiger partial charge in [0, 0.05) is 39.3 Å². The second kappa shape index (κ2) is 10.5. The fourth-order valence-electron chi connectivity index (χ4n) is 3.42. The van der Waals surface area contributed by atoms with Crippen LogP contribution in [-0.4, -0.2) is 60.5 Å². The van der Waals surface area contributed by atoms with Crippen LogP contribution in [0.5, 0.6) is 11.5 Å². The first-order valence-electron chi connectivity index (χ1n) is 9.34. The molecule has 1 aliphatic rings. The number of aliphatic imine (C=N–C) groups is 1. The fourth-order valence-corrected chi connectivity index (χ4v) is 3.42. The maximum absolute atomic E-state index is 6.02. The van der Waals surface area contributed by atoms with Crippen molar-refractivity contribution in [2.24, 2.45) is 12.0 Å². The lowest BCUT2D eigenvalue weighted by molar-refractivity contribution is 0.212. The van der Waals surface area contributed by atoms with Gasteiger partial charge in [0.15, 0.2) is 17.5 Å². The van der Waals surface area contributed by atoms with Gasteiger partial charge in [0.25, 0.3) is 0 Å². The topological polar surface area (TPSA) is 63.9 Å². The van der Waals surface area contributed by atoms with Gasteiger partial charge in [-0.05, 0) is 31.0 Å². The summed E-state index contributed by atoms with van der Waals surface area (Å²) in [5.74, 6) is 2.91. The zero-order valence-corrected chi connectivity index (χ0v) is 19.3. The van der Waals surface area contributed by atoms with Crippen LogP contribution < -0.4 is 14.8 Å². The molecule has 0 amide bonds. The molecule has 1 aliphatic heterocycles. The average molecular weight is 499 g/mol. The lowest BCUT2D eigenvalue weighted by Gasteiger charge is -2.24. The Labute approximate surface area is 184 Å². The number of likely N-dealkylation sites (tertiary alicyclic amines) is 1. The second-order valence-electron chi connectivity index (χ2n) is 6.89. The first-order valence-corrected chi connectivity index (χ1v) is 9.34. The highest BCUT2D eigenvalue weighted by molar-refractivity contribution is 14.0. The molecule has 1 fully saturated rings. The third-order valence-corrected chi connectivity index (χ3v) is 4.84. The van der Waals surface area contributed by atoms with Gasteiger partial charge in [0.1, 0.15) is 6.10 Å². The largest absolute Gasteiger partial charge is 0.493 e. The van der Waals surface area contributed by atoms with Crippen molar-refractivity contribution in [3.05, 3.63) is 42.2 Å². The van der Waals surface area contributed by atoms with Gasteiger partial charge in [-0.3, -0.25) is 9.67 Å². The summed E-state index contributed by atoms with van der Waals surface area (Å²) < 4.78 is 13.2. The monoisotopic (exact) mass is 499 g/mol. The molecule has 8 heteroatoms. The molecule has 0 radical (unpaired) electrons. The number of aryl methyl sites for hydroxylation is 1. The van der Waals surface area contributed by atoms with Crippen molar-refractivity contribution in [2.45, 2.75) is 25.4 Å². The number of halogens is 1. The van der Waals surface area contributed by atoms with Gasteiger partial charge in [-0.1, -0.05) is 12.1 Å². The van der Waals surface area contributed by atoms with Gasteiger partial charge >= 0.3 is 0 Å². The predicted molar refractivity (Wildman–Crippen MR) is 122 cm³/mol. The van der Waals surface area contributed by atoms with Gasteiger partial charge < -0.3 is 19.7 Å². The molecule has 0 aliphatic carbocycles. The van der Waals surface area contributed by atoms with E-state index in [1.54, 1.807) is 7.11 Å². The minimum atomic E-state index is -0.0187. The highest BCUT2D eigenvalue weighted by atomic mass is 127. The molecular weight excluding hydrogens is 469 g/mol. The standard InChI is InChI=1S/C20H29N5O2.HI/c1-15(27-19-8-6-5-7-18(19)26-4)11-22-20(21-2)25-10-9-16(14-25)17-12-23-24(3)13-17;/h5-8,12-13,15-16H,9-11,14H2,1-4H3,(H,21,22);1H. The minimum absolute atomic E-state index is 0. The summed E-state index contributed by atoms with van der Waals surface area (Å²) in [6.45, 7) is 4.64. The first-order chi connectivity index (χ1) is 13.1. The molecule has 7 nitrogen and oxygen atoms in total. The smallest absolute Gasteiger partial charge is 0.193 e. The molecule has 1 saturated heterocycles. The highest BCUT2D eigenvalue weighted by Crippen LogP contribution is 2.27. The van der Waals surface area contributed by atoms with Crippen LogP contribution in [0.1, 0.15) is 24.8 Å². The number of hydrogen-bond acceptors (Lipinski definition) is 4. The molecule has 3 rings (SSSR count). The third-order valence-electron chi connectivity index (χ3n) is 4.84. The van der Waals surface area contributed by atoms with Gasteiger partial charge in [-0.15, -0.1) is 24.0 Å². The molecule has 1 aromatic heterocycles. The van der Waals surface area contributed by atoms with Crippen LogP contribution in [0.3, 0.4) is 0 Å². The molecule has 0 spiro atoms. The Kier molecular flexibility index (Phi) is 8.40. The van der Waals surface area contributed by atoms with Gasteiger partial charge in [0.2, 0.25) is 0 Å². The summed E-state index contributed by atoms with van der Waals surface area (Å²) in [5, 5.41) is 7.73. The van der Waals surface area contributed by atoms with Gasteiger partial charge in [0.05, 0.1) is 19.9 Å². The molecule has 2 aromatic rings. The third kappa shape index (κ3) is 5.52. The Bertz CT molecular complexity index is 779. The zero-order valence-electron chi connectivity index (χ0n) is 17.0. The van der Waals surface area contributed by atoms with Crippen LogP contribution in [-0.2, 0) is 7.05 Å². The number of hydrogen-bond donors (Lipinski definition) is 1. The lowest BCUT2D eigenvalue weighted by Crippen LogP contribution is -2.43. The van der Waals surface area contributed by atoms with Crippen LogP contribution in [0.2, 0.25) is 0 Å². The Morgan fingerprint density at radius 1 is 1.36 bits per heavy atom. The summed E-state index contributed by atoms with van der Waals surface area (Å²) in [5.41, 5.74) is 1.29. The van der Waals surface area contributed by atoms with E-state index in [2.05, 4.69) is 26.5 Å². The summed E-state index contributed by atoms with van der Waals surface area (Å²) in [6, 6.07) is 7.70. The number of rotatable bonds is 6. The molecule has 154 valence electrons. The number of ether oxygens (including phenoxy) is 2.